The Morgan fingerprint density at radius 1 is 1.56 bits per heavy atom. The highest BCUT2D eigenvalue weighted by Gasteiger charge is 2.25. The molecule has 0 aromatic carbocycles. The van der Waals surface area contributed by atoms with E-state index in [1.807, 2.05) is 0 Å². The molecule has 2 nitrogen and oxygen atoms in total. The van der Waals surface area contributed by atoms with Crippen molar-refractivity contribution < 1.29 is 0 Å². The SMILES string of the molecule is CCC1CCC(N)N1C. The van der Waals surface area contributed by atoms with E-state index in [1.54, 1.807) is 0 Å². The quantitative estimate of drug-likeness (QED) is 0.565. The average Bonchev–Trinajstić information content (AvgIpc) is 2.15. The molecule has 1 aliphatic rings. The van der Waals surface area contributed by atoms with Gasteiger partial charge in [0.25, 0.3) is 0 Å². The molecule has 0 aliphatic carbocycles. The van der Waals surface area contributed by atoms with Crippen molar-refractivity contribution in [2.45, 2.75) is 38.4 Å². The number of hydrogen-bond acceptors (Lipinski definition) is 2. The number of nitrogens with zero attached hydrogens (tertiary/aromatic N) is 1. The summed E-state index contributed by atoms with van der Waals surface area (Å²) in [6.45, 7) is 2.22. The highest BCUT2D eigenvalue weighted by Crippen LogP contribution is 2.20. The minimum atomic E-state index is 0.329. The summed E-state index contributed by atoms with van der Waals surface area (Å²) in [4.78, 5) is 2.28. The van der Waals surface area contributed by atoms with Gasteiger partial charge in [-0.25, -0.2) is 0 Å². The second kappa shape index (κ2) is 2.67. The standard InChI is InChI=1S/C7H16N2/c1-3-6-4-5-7(8)9(6)2/h6-7H,3-5,8H2,1-2H3. The molecular weight excluding hydrogens is 112 g/mol. The van der Waals surface area contributed by atoms with Crippen molar-refractivity contribution in [1.29, 1.82) is 0 Å². The summed E-state index contributed by atoms with van der Waals surface area (Å²) in [6, 6.07) is 0.750. The first-order valence-corrected chi connectivity index (χ1v) is 3.73. The molecule has 1 rings (SSSR count). The van der Waals surface area contributed by atoms with Crippen LogP contribution in [0.25, 0.3) is 0 Å². The van der Waals surface area contributed by atoms with Crippen molar-refractivity contribution in [3.63, 3.8) is 0 Å². The molecule has 2 unspecified atom stereocenters. The highest BCUT2D eigenvalue weighted by atomic mass is 15.2. The van der Waals surface area contributed by atoms with Crippen LogP contribution in [0.3, 0.4) is 0 Å². The first-order valence-electron chi connectivity index (χ1n) is 3.73. The van der Waals surface area contributed by atoms with Gasteiger partial charge in [0.2, 0.25) is 0 Å². The van der Waals surface area contributed by atoms with Crippen molar-refractivity contribution in [3.05, 3.63) is 0 Å². The van der Waals surface area contributed by atoms with Gasteiger partial charge in [-0.3, -0.25) is 4.90 Å². The van der Waals surface area contributed by atoms with Crippen LogP contribution in [-0.2, 0) is 0 Å². The molecule has 0 aromatic heterocycles. The molecule has 0 aromatic rings. The fourth-order valence-electron chi connectivity index (χ4n) is 1.53. The van der Waals surface area contributed by atoms with Crippen molar-refractivity contribution in [3.8, 4) is 0 Å². The summed E-state index contributed by atoms with van der Waals surface area (Å²) < 4.78 is 0. The summed E-state index contributed by atoms with van der Waals surface area (Å²) in [5.41, 5.74) is 5.77. The molecule has 0 spiro atoms. The van der Waals surface area contributed by atoms with E-state index in [2.05, 4.69) is 18.9 Å². The molecule has 2 atom stereocenters. The fraction of sp³-hybridized carbons (Fsp3) is 1.00. The minimum absolute atomic E-state index is 0.329. The lowest BCUT2D eigenvalue weighted by atomic mass is 10.2. The topological polar surface area (TPSA) is 29.3 Å². The van der Waals surface area contributed by atoms with Gasteiger partial charge in [0.05, 0.1) is 6.17 Å². The molecule has 0 saturated carbocycles. The molecule has 0 radical (unpaired) electrons. The van der Waals surface area contributed by atoms with Gasteiger partial charge >= 0.3 is 0 Å². The van der Waals surface area contributed by atoms with Crippen molar-refractivity contribution in [1.82, 2.24) is 4.90 Å². The van der Waals surface area contributed by atoms with Gasteiger partial charge in [-0.15, -0.1) is 0 Å². The van der Waals surface area contributed by atoms with Gasteiger partial charge in [0, 0.05) is 6.04 Å². The first-order chi connectivity index (χ1) is 4.25. The van der Waals surface area contributed by atoms with E-state index in [-0.39, 0.29) is 0 Å². The van der Waals surface area contributed by atoms with Gasteiger partial charge in [-0.1, -0.05) is 6.92 Å². The molecule has 1 saturated heterocycles. The van der Waals surface area contributed by atoms with Crippen molar-refractivity contribution in [2.75, 3.05) is 7.05 Å². The molecule has 9 heavy (non-hydrogen) atoms. The van der Waals surface area contributed by atoms with Crippen LogP contribution in [0.1, 0.15) is 26.2 Å². The lowest BCUT2D eigenvalue weighted by Crippen LogP contribution is -2.37. The number of rotatable bonds is 1. The van der Waals surface area contributed by atoms with Crippen LogP contribution in [0.4, 0.5) is 0 Å². The molecule has 1 fully saturated rings. The van der Waals surface area contributed by atoms with E-state index in [0.29, 0.717) is 6.17 Å². The Bertz CT molecular complexity index is 92.9. The maximum atomic E-state index is 5.77. The predicted molar refractivity (Wildman–Crippen MR) is 39.1 cm³/mol. The summed E-state index contributed by atoms with van der Waals surface area (Å²) >= 11 is 0. The Morgan fingerprint density at radius 3 is 2.44 bits per heavy atom. The van der Waals surface area contributed by atoms with E-state index in [1.165, 1.54) is 19.3 Å². The zero-order valence-corrected chi connectivity index (χ0v) is 6.30. The maximum absolute atomic E-state index is 5.77. The second-order valence-corrected chi connectivity index (χ2v) is 2.87. The molecule has 2 N–H and O–H groups in total. The Balaban J connectivity index is 2.41. The Morgan fingerprint density at radius 2 is 2.22 bits per heavy atom. The second-order valence-electron chi connectivity index (χ2n) is 2.87. The van der Waals surface area contributed by atoms with Crippen LogP contribution in [0.5, 0.6) is 0 Å². The lowest BCUT2D eigenvalue weighted by Gasteiger charge is -2.21. The third kappa shape index (κ3) is 1.25. The lowest BCUT2D eigenvalue weighted by molar-refractivity contribution is 0.240. The number of hydrogen-bond donors (Lipinski definition) is 1. The zero-order chi connectivity index (χ0) is 6.85. The maximum Gasteiger partial charge on any atom is 0.0572 e. The molecule has 0 amide bonds. The Hall–Kier alpha value is -0.0800. The monoisotopic (exact) mass is 128 g/mol. The van der Waals surface area contributed by atoms with E-state index in [4.69, 9.17) is 5.73 Å². The minimum Gasteiger partial charge on any atom is -0.316 e. The van der Waals surface area contributed by atoms with Gasteiger partial charge < -0.3 is 5.73 Å². The van der Waals surface area contributed by atoms with E-state index in [0.717, 1.165) is 6.04 Å². The van der Waals surface area contributed by atoms with Crippen LogP contribution in [-0.4, -0.2) is 24.2 Å². The largest absolute Gasteiger partial charge is 0.316 e. The van der Waals surface area contributed by atoms with Gasteiger partial charge in [0.15, 0.2) is 0 Å². The Kier molecular flexibility index (Phi) is 2.09. The molecule has 54 valence electrons. The summed E-state index contributed by atoms with van der Waals surface area (Å²) in [7, 11) is 2.12. The number of nitrogens with two attached hydrogens (primary N) is 1. The zero-order valence-electron chi connectivity index (χ0n) is 6.30. The van der Waals surface area contributed by atoms with Gasteiger partial charge in [0.1, 0.15) is 0 Å². The third-order valence-corrected chi connectivity index (χ3v) is 2.37. The third-order valence-electron chi connectivity index (χ3n) is 2.37. The summed E-state index contributed by atoms with van der Waals surface area (Å²) in [6.07, 6.45) is 4.03. The number of likely N-dealkylation sites (tertiary alicyclic amines) is 1. The molecular formula is C7H16N2. The van der Waals surface area contributed by atoms with Crippen LogP contribution < -0.4 is 5.73 Å². The van der Waals surface area contributed by atoms with Crippen molar-refractivity contribution in [2.24, 2.45) is 5.73 Å². The fourth-order valence-corrected chi connectivity index (χ4v) is 1.53. The van der Waals surface area contributed by atoms with E-state index >= 15 is 0 Å². The van der Waals surface area contributed by atoms with Crippen molar-refractivity contribution >= 4 is 0 Å². The molecule has 0 bridgehead atoms. The first kappa shape index (κ1) is 7.03. The molecule has 1 heterocycles. The van der Waals surface area contributed by atoms with Gasteiger partial charge in [-0.05, 0) is 26.3 Å². The molecule has 2 heteroatoms. The van der Waals surface area contributed by atoms with Crippen LogP contribution in [0.15, 0.2) is 0 Å². The van der Waals surface area contributed by atoms with Crippen LogP contribution >= 0.6 is 0 Å². The van der Waals surface area contributed by atoms with E-state index < -0.39 is 0 Å². The van der Waals surface area contributed by atoms with Gasteiger partial charge in [-0.2, -0.15) is 0 Å². The van der Waals surface area contributed by atoms with E-state index in [9.17, 15) is 0 Å². The molecule has 1 aliphatic heterocycles. The highest BCUT2D eigenvalue weighted by molar-refractivity contribution is 4.80. The Labute approximate surface area is 57.0 Å². The summed E-state index contributed by atoms with van der Waals surface area (Å²) in [5.74, 6) is 0. The summed E-state index contributed by atoms with van der Waals surface area (Å²) in [5, 5.41) is 0. The average molecular weight is 128 g/mol. The van der Waals surface area contributed by atoms with Crippen LogP contribution in [0, 0.1) is 0 Å². The predicted octanol–water partition coefficient (Wildman–Crippen LogP) is 0.775. The van der Waals surface area contributed by atoms with Crippen LogP contribution in [0.2, 0.25) is 0 Å². The normalized spacial score (nSPS) is 37.7. The smallest absolute Gasteiger partial charge is 0.0572 e.